The zero-order valence-electron chi connectivity index (χ0n) is 17.6. The van der Waals surface area contributed by atoms with Crippen LogP contribution in [0.5, 0.6) is 0 Å². The second kappa shape index (κ2) is 8.49. The lowest BCUT2D eigenvalue weighted by Gasteiger charge is -2.31. The number of piperidine rings is 1. The van der Waals surface area contributed by atoms with Crippen LogP contribution in [0.1, 0.15) is 30.1 Å². The van der Waals surface area contributed by atoms with Crippen LogP contribution in [0.25, 0.3) is 11.2 Å². The summed E-state index contributed by atoms with van der Waals surface area (Å²) in [7, 11) is -4.02. The van der Waals surface area contributed by atoms with Crippen molar-refractivity contribution < 1.29 is 12.8 Å². The number of H-pyrrole nitrogens is 1. The molecule has 0 aliphatic carbocycles. The molecule has 2 aromatic carbocycles. The monoisotopic (exact) mass is 468 g/mol. The van der Waals surface area contributed by atoms with Crippen molar-refractivity contribution in [2.24, 2.45) is 0 Å². The number of sulfonamides is 1. The van der Waals surface area contributed by atoms with Gasteiger partial charge in [0.15, 0.2) is 11.2 Å². The Hall–Kier alpha value is -3.44. The van der Waals surface area contributed by atoms with Crippen LogP contribution >= 0.6 is 0 Å². The van der Waals surface area contributed by atoms with E-state index in [1.165, 1.54) is 22.5 Å². The van der Waals surface area contributed by atoms with Gasteiger partial charge in [-0.15, -0.1) is 5.10 Å². The molecular weight excluding hydrogens is 447 g/mol. The molecule has 1 atom stereocenters. The van der Waals surface area contributed by atoms with Gasteiger partial charge in [-0.05, 0) is 30.5 Å². The zero-order valence-corrected chi connectivity index (χ0v) is 18.4. The van der Waals surface area contributed by atoms with Crippen LogP contribution in [0.15, 0.2) is 64.3 Å². The van der Waals surface area contributed by atoms with Crippen molar-refractivity contribution in [1.29, 1.82) is 0 Å². The number of halogens is 1. The molecule has 1 aliphatic rings. The molecule has 1 aliphatic heterocycles. The van der Waals surface area contributed by atoms with Gasteiger partial charge < -0.3 is 4.98 Å². The van der Waals surface area contributed by atoms with Crippen LogP contribution < -0.4 is 5.56 Å². The highest BCUT2D eigenvalue weighted by molar-refractivity contribution is 7.89. The summed E-state index contributed by atoms with van der Waals surface area (Å²) in [6, 6.07) is 14.9. The fourth-order valence-corrected chi connectivity index (χ4v) is 5.71. The highest BCUT2D eigenvalue weighted by Gasteiger charge is 2.33. The molecule has 33 heavy (non-hydrogen) atoms. The molecule has 1 saturated heterocycles. The quantitative estimate of drug-likeness (QED) is 0.481. The van der Waals surface area contributed by atoms with Crippen molar-refractivity contribution in [2.45, 2.75) is 30.2 Å². The van der Waals surface area contributed by atoms with E-state index in [9.17, 15) is 17.6 Å². The van der Waals surface area contributed by atoms with Crippen LogP contribution in [-0.4, -0.2) is 50.8 Å². The number of nitrogens with one attached hydrogen (secondary N) is 1. The van der Waals surface area contributed by atoms with E-state index in [1.54, 1.807) is 4.68 Å². The Labute approximate surface area is 188 Å². The summed E-state index contributed by atoms with van der Waals surface area (Å²) in [4.78, 5) is 19.7. The molecule has 11 heteroatoms. The third kappa shape index (κ3) is 4.05. The lowest BCUT2D eigenvalue weighted by atomic mass is 9.99. The molecule has 0 radical (unpaired) electrons. The normalized spacial score (nSPS) is 17.4. The minimum Gasteiger partial charge on any atom is -0.308 e. The first-order chi connectivity index (χ1) is 15.9. The number of fused-ring (bicyclic) bond motifs is 1. The van der Waals surface area contributed by atoms with Gasteiger partial charge in [0.2, 0.25) is 10.0 Å². The van der Waals surface area contributed by atoms with Gasteiger partial charge in [0.1, 0.15) is 16.5 Å². The van der Waals surface area contributed by atoms with E-state index in [4.69, 9.17) is 0 Å². The number of hydrogen-bond donors (Lipinski definition) is 1. The standard InChI is InChI=1S/C22H21FN6O3S/c23-17-10-4-5-11-18(17)33(31,32)28-12-6-9-16(14-28)20-24-21-19(22(30)25-20)26-27-29(21)13-15-7-2-1-3-8-15/h1-5,7-8,10-11,16H,6,9,12-14H2,(H,24,25,30)/t16-/m1/s1. The topological polar surface area (TPSA) is 114 Å². The van der Waals surface area contributed by atoms with Gasteiger partial charge in [0.25, 0.3) is 5.56 Å². The number of aromatic amines is 1. The van der Waals surface area contributed by atoms with Crippen molar-refractivity contribution in [3.05, 3.63) is 82.2 Å². The fraction of sp³-hybridized carbons (Fsp3) is 0.273. The SMILES string of the molecule is O=c1[nH]c([C@@H]2CCCN(S(=O)(=O)c3ccccc3F)C2)nc2c1nnn2Cc1ccccc1. The van der Waals surface area contributed by atoms with Crippen LogP contribution in [-0.2, 0) is 16.6 Å². The highest BCUT2D eigenvalue weighted by Crippen LogP contribution is 2.29. The Kier molecular flexibility index (Phi) is 5.51. The van der Waals surface area contributed by atoms with Gasteiger partial charge in [-0.25, -0.2) is 22.5 Å². The number of nitrogens with zero attached hydrogens (tertiary/aromatic N) is 5. The fourth-order valence-electron chi connectivity index (χ4n) is 4.12. The van der Waals surface area contributed by atoms with E-state index < -0.39 is 21.4 Å². The first-order valence-electron chi connectivity index (χ1n) is 10.6. The molecule has 2 aromatic heterocycles. The molecule has 1 N–H and O–H groups in total. The first-order valence-corrected chi connectivity index (χ1v) is 12.0. The van der Waals surface area contributed by atoms with Crippen molar-refractivity contribution in [3.8, 4) is 0 Å². The van der Waals surface area contributed by atoms with Gasteiger partial charge in [-0.3, -0.25) is 4.79 Å². The van der Waals surface area contributed by atoms with Gasteiger partial charge in [-0.2, -0.15) is 4.31 Å². The minimum absolute atomic E-state index is 0.0887. The Morgan fingerprint density at radius 1 is 1.09 bits per heavy atom. The van der Waals surface area contributed by atoms with Crippen molar-refractivity contribution in [3.63, 3.8) is 0 Å². The Balaban J connectivity index is 1.47. The second-order valence-electron chi connectivity index (χ2n) is 7.99. The first kappa shape index (κ1) is 21.4. The third-order valence-electron chi connectivity index (χ3n) is 5.79. The van der Waals surface area contributed by atoms with E-state index in [0.717, 1.165) is 11.6 Å². The smallest absolute Gasteiger partial charge is 0.281 e. The molecule has 170 valence electrons. The summed E-state index contributed by atoms with van der Waals surface area (Å²) in [5, 5.41) is 8.04. The third-order valence-corrected chi connectivity index (χ3v) is 7.69. The second-order valence-corrected chi connectivity index (χ2v) is 9.90. The summed E-state index contributed by atoms with van der Waals surface area (Å²) in [6.45, 7) is 0.754. The maximum Gasteiger partial charge on any atom is 0.281 e. The van der Waals surface area contributed by atoms with E-state index in [1.807, 2.05) is 30.3 Å². The predicted octanol–water partition coefficient (Wildman–Crippen LogP) is 2.27. The molecule has 0 unspecified atom stereocenters. The van der Waals surface area contributed by atoms with Crippen molar-refractivity contribution in [1.82, 2.24) is 29.3 Å². The molecule has 3 heterocycles. The van der Waals surface area contributed by atoms with Crippen LogP contribution in [0.3, 0.4) is 0 Å². The average Bonchev–Trinajstić information content (AvgIpc) is 3.23. The molecule has 9 nitrogen and oxygen atoms in total. The molecule has 0 bridgehead atoms. The van der Waals surface area contributed by atoms with Gasteiger partial charge in [-0.1, -0.05) is 47.7 Å². The van der Waals surface area contributed by atoms with Gasteiger partial charge in [0, 0.05) is 19.0 Å². The van der Waals surface area contributed by atoms with E-state index in [-0.39, 0.29) is 29.4 Å². The molecule has 0 spiro atoms. The van der Waals surface area contributed by atoms with E-state index >= 15 is 0 Å². The zero-order chi connectivity index (χ0) is 23.0. The molecule has 5 rings (SSSR count). The summed E-state index contributed by atoms with van der Waals surface area (Å²) in [6.07, 6.45) is 1.19. The molecule has 0 amide bonds. The molecule has 0 saturated carbocycles. The molecular formula is C22H21FN6O3S. The maximum atomic E-state index is 14.2. The lowest BCUT2D eigenvalue weighted by molar-refractivity contribution is 0.308. The number of rotatable bonds is 5. The van der Waals surface area contributed by atoms with Gasteiger partial charge >= 0.3 is 0 Å². The number of hydrogen-bond acceptors (Lipinski definition) is 6. The Morgan fingerprint density at radius 3 is 2.64 bits per heavy atom. The summed E-state index contributed by atoms with van der Waals surface area (Å²) < 4.78 is 43.1. The highest BCUT2D eigenvalue weighted by atomic mass is 32.2. The molecule has 1 fully saturated rings. The summed E-state index contributed by atoms with van der Waals surface area (Å²) in [5.74, 6) is -0.765. The van der Waals surface area contributed by atoms with E-state index in [2.05, 4.69) is 20.3 Å². The maximum absolute atomic E-state index is 14.2. The Bertz CT molecular complexity index is 1470. The van der Waals surface area contributed by atoms with Gasteiger partial charge in [0.05, 0.1) is 6.54 Å². The predicted molar refractivity (Wildman–Crippen MR) is 119 cm³/mol. The number of aromatic nitrogens is 5. The minimum atomic E-state index is -4.02. The lowest BCUT2D eigenvalue weighted by Crippen LogP contribution is -2.40. The van der Waals surface area contributed by atoms with E-state index in [0.29, 0.717) is 30.9 Å². The summed E-state index contributed by atoms with van der Waals surface area (Å²) >= 11 is 0. The van der Waals surface area contributed by atoms with Crippen molar-refractivity contribution in [2.75, 3.05) is 13.1 Å². The van der Waals surface area contributed by atoms with Crippen molar-refractivity contribution >= 4 is 21.2 Å². The Morgan fingerprint density at radius 2 is 1.85 bits per heavy atom. The van der Waals surface area contributed by atoms with Crippen LogP contribution in [0.2, 0.25) is 0 Å². The largest absolute Gasteiger partial charge is 0.308 e. The molecule has 4 aromatic rings. The number of benzene rings is 2. The summed E-state index contributed by atoms with van der Waals surface area (Å²) in [5.41, 5.74) is 1.02. The average molecular weight is 469 g/mol. The van der Waals surface area contributed by atoms with Crippen LogP contribution in [0.4, 0.5) is 4.39 Å². The van der Waals surface area contributed by atoms with Crippen LogP contribution in [0, 0.1) is 5.82 Å².